The Morgan fingerprint density at radius 2 is 1.95 bits per heavy atom. The van der Waals surface area contributed by atoms with Crippen LogP contribution in [-0.4, -0.2) is 90.7 Å². The largest absolute Gasteiger partial charge is 0.493 e. The average molecular weight is 549 g/mol. The van der Waals surface area contributed by atoms with Gasteiger partial charge in [-0.1, -0.05) is 18.5 Å². The summed E-state index contributed by atoms with van der Waals surface area (Å²) >= 11 is 0. The smallest absolute Gasteiger partial charge is 0.272 e. The monoisotopic (exact) mass is 548 g/mol. The third-order valence-electron chi connectivity index (χ3n) is 6.96. The van der Waals surface area contributed by atoms with Gasteiger partial charge in [-0.3, -0.25) is 19.8 Å². The number of sulfonamides is 1. The highest BCUT2D eigenvalue weighted by atomic mass is 32.2. The van der Waals surface area contributed by atoms with E-state index in [4.69, 9.17) is 4.74 Å². The van der Waals surface area contributed by atoms with E-state index >= 15 is 0 Å². The highest BCUT2D eigenvalue weighted by molar-refractivity contribution is 7.89. The van der Waals surface area contributed by atoms with Crippen LogP contribution in [0.2, 0.25) is 0 Å². The lowest BCUT2D eigenvalue weighted by Crippen LogP contribution is -2.49. The van der Waals surface area contributed by atoms with Gasteiger partial charge in [-0.25, -0.2) is 8.42 Å². The molecule has 0 saturated carbocycles. The molecule has 2 aromatic rings. The molecule has 1 amide bonds. The lowest BCUT2D eigenvalue weighted by atomic mass is 10.1. The predicted molar refractivity (Wildman–Crippen MR) is 142 cm³/mol. The zero-order valence-electron chi connectivity index (χ0n) is 22.0. The Labute approximate surface area is 222 Å². The maximum absolute atomic E-state index is 13.5. The Kier molecular flexibility index (Phi) is 8.61. The van der Waals surface area contributed by atoms with Crippen molar-refractivity contribution in [1.29, 1.82) is 0 Å². The van der Waals surface area contributed by atoms with E-state index in [1.807, 2.05) is 18.7 Å². The Bertz CT molecular complexity index is 1300. The lowest BCUT2D eigenvalue weighted by Gasteiger charge is -2.34. The number of fused-ring (bicyclic) bond motifs is 1. The predicted octanol–water partition coefficient (Wildman–Crippen LogP) is 1.24. The molecular weight excluding hydrogens is 512 g/mol. The van der Waals surface area contributed by atoms with Gasteiger partial charge in [-0.05, 0) is 44.0 Å². The van der Waals surface area contributed by atoms with Crippen molar-refractivity contribution in [2.24, 2.45) is 5.16 Å². The standard InChI is InChI=1S/C25H36N6O6S/c1-4-6-21-20(16-26-34)17(3)23-25(33)27-24(28-31(21)23)19-15-18(7-8-22(19)37-5-2)38(35,36)30-11-9-29(10-12-30)13-14-32/h7-8,15-16,24,28,32,34H,4-6,9-14H2,1-3H3,(H,27,33)/b26-16+. The van der Waals surface area contributed by atoms with E-state index < -0.39 is 16.2 Å². The molecule has 3 heterocycles. The summed E-state index contributed by atoms with van der Waals surface area (Å²) in [5, 5.41) is 24.5. The summed E-state index contributed by atoms with van der Waals surface area (Å²) in [5.74, 6) is 0.121. The molecule has 2 aliphatic heterocycles. The molecule has 38 heavy (non-hydrogen) atoms. The van der Waals surface area contributed by atoms with Crippen molar-refractivity contribution >= 4 is 22.1 Å². The summed E-state index contributed by atoms with van der Waals surface area (Å²) in [6, 6.07) is 4.70. The number of ether oxygens (including phenoxy) is 1. The molecule has 13 heteroatoms. The van der Waals surface area contributed by atoms with Crippen LogP contribution in [0.25, 0.3) is 0 Å². The van der Waals surface area contributed by atoms with Crippen molar-refractivity contribution < 1.29 is 28.3 Å². The van der Waals surface area contributed by atoms with Gasteiger partial charge >= 0.3 is 0 Å². The molecule has 12 nitrogen and oxygen atoms in total. The van der Waals surface area contributed by atoms with Gasteiger partial charge in [-0.15, -0.1) is 0 Å². The topological polar surface area (TPSA) is 149 Å². The van der Waals surface area contributed by atoms with Gasteiger partial charge < -0.3 is 20.4 Å². The second-order valence-electron chi connectivity index (χ2n) is 9.30. The van der Waals surface area contributed by atoms with Crippen LogP contribution in [0.15, 0.2) is 28.3 Å². The highest BCUT2D eigenvalue weighted by Crippen LogP contribution is 2.33. The number of carbonyl (C=O) groups excluding carboxylic acids is 1. The van der Waals surface area contributed by atoms with Gasteiger partial charge in [0.15, 0.2) is 0 Å². The zero-order valence-corrected chi connectivity index (χ0v) is 22.8. The fraction of sp³-hybridized carbons (Fsp3) is 0.520. The molecule has 4 N–H and O–H groups in total. The van der Waals surface area contributed by atoms with E-state index in [0.29, 0.717) is 73.9 Å². The number of nitrogens with one attached hydrogen (secondary N) is 2. The number of nitrogens with zero attached hydrogens (tertiary/aromatic N) is 4. The van der Waals surface area contributed by atoms with Crippen LogP contribution in [0.4, 0.5) is 0 Å². The van der Waals surface area contributed by atoms with Crippen LogP contribution in [0.1, 0.15) is 59.3 Å². The second kappa shape index (κ2) is 11.7. The van der Waals surface area contributed by atoms with Crippen molar-refractivity contribution in [1.82, 2.24) is 19.2 Å². The van der Waals surface area contributed by atoms with Crippen LogP contribution in [0, 0.1) is 6.92 Å². The number of amides is 1. The molecule has 0 bridgehead atoms. The summed E-state index contributed by atoms with van der Waals surface area (Å²) in [4.78, 5) is 15.4. The van der Waals surface area contributed by atoms with Crippen LogP contribution in [-0.2, 0) is 16.4 Å². The minimum absolute atomic E-state index is 0.0337. The zero-order chi connectivity index (χ0) is 27.4. The first kappa shape index (κ1) is 27.9. The first-order valence-electron chi connectivity index (χ1n) is 12.9. The van der Waals surface area contributed by atoms with Crippen molar-refractivity contribution in [2.75, 3.05) is 51.4 Å². The van der Waals surface area contributed by atoms with Crippen molar-refractivity contribution in [3.63, 3.8) is 0 Å². The van der Waals surface area contributed by atoms with Crippen LogP contribution in [0.3, 0.4) is 0 Å². The Morgan fingerprint density at radius 3 is 2.58 bits per heavy atom. The third kappa shape index (κ3) is 5.23. The summed E-state index contributed by atoms with van der Waals surface area (Å²) in [6.07, 6.45) is 1.99. The first-order valence-corrected chi connectivity index (χ1v) is 14.3. The van der Waals surface area contributed by atoms with Crippen molar-refractivity contribution in [3.05, 3.63) is 46.3 Å². The molecule has 0 aliphatic carbocycles. The minimum atomic E-state index is -3.80. The van der Waals surface area contributed by atoms with E-state index in [1.165, 1.54) is 16.6 Å². The molecule has 1 fully saturated rings. The van der Waals surface area contributed by atoms with E-state index in [-0.39, 0.29) is 17.4 Å². The lowest BCUT2D eigenvalue weighted by molar-refractivity contribution is 0.0913. The fourth-order valence-corrected chi connectivity index (χ4v) is 6.54. The quantitative estimate of drug-likeness (QED) is 0.197. The molecule has 1 saturated heterocycles. The van der Waals surface area contributed by atoms with Crippen LogP contribution in [0.5, 0.6) is 5.75 Å². The molecule has 0 spiro atoms. The summed E-state index contributed by atoms with van der Waals surface area (Å²) in [7, 11) is -3.80. The van der Waals surface area contributed by atoms with E-state index in [9.17, 15) is 23.5 Å². The number of aliphatic hydroxyl groups is 1. The molecule has 208 valence electrons. The number of oxime groups is 1. The first-order chi connectivity index (χ1) is 18.3. The maximum Gasteiger partial charge on any atom is 0.272 e. The van der Waals surface area contributed by atoms with Crippen LogP contribution >= 0.6 is 0 Å². The number of β-amino-alcohol motifs (C(OH)–C–C–N with tert-alkyl or cyclic N) is 1. The molecule has 0 radical (unpaired) electrons. The summed E-state index contributed by atoms with van der Waals surface area (Å²) in [5.41, 5.74) is 6.33. The number of aromatic nitrogens is 1. The Morgan fingerprint density at radius 1 is 1.21 bits per heavy atom. The fourth-order valence-electron chi connectivity index (χ4n) is 5.09. The van der Waals surface area contributed by atoms with Gasteiger partial charge in [0.1, 0.15) is 17.6 Å². The van der Waals surface area contributed by atoms with E-state index in [2.05, 4.69) is 15.9 Å². The second-order valence-corrected chi connectivity index (χ2v) is 11.2. The van der Waals surface area contributed by atoms with Gasteiger partial charge in [0.2, 0.25) is 10.0 Å². The molecule has 4 rings (SSSR count). The molecule has 2 aliphatic rings. The number of piperazine rings is 1. The number of hydrogen-bond acceptors (Lipinski definition) is 9. The third-order valence-corrected chi connectivity index (χ3v) is 8.86. The van der Waals surface area contributed by atoms with Gasteiger partial charge in [0, 0.05) is 49.5 Å². The van der Waals surface area contributed by atoms with E-state index in [1.54, 1.807) is 23.7 Å². The minimum Gasteiger partial charge on any atom is -0.493 e. The molecular formula is C25H36N6O6S. The molecule has 1 atom stereocenters. The maximum atomic E-state index is 13.5. The molecule has 1 aromatic carbocycles. The van der Waals surface area contributed by atoms with Crippen molar-refractivity contribution in [2.45, 2.75) is 44.7 Å². The number of aliphatic hydroxyl groups excluding tert-OH is 1. The number of hydrogen-bond donors (Lipinski definition) is 4. The molecule has 1 aromatic heterocycles. The Hall–Kier alpha value is -3.13. The SMILES string of the molecule is CCCc1c(/C=N/O)c(C)c2n1NC(c1cc(S(=O)(=O)N3CCN(CCO)CC3)ccc1OCC)NC2=O. The van der Waals surface area contributed by atoms with Crippen LogP contribution < -0.4 is 15.5 Å². The summed E-state index contributed by atoms with van der Waals surface area (Å²) in [6.45, 7) is 8.28. The number of rotatable bonds is 10. The normalized spacial score (nSPS) is 18.8. The van der Waals surface area contributed by atoms with Gasteiger partial charge in [0.05, 0.1) is 24.3 Å². The van der Waals surface area contributed by atoms with Gasteiger partial charge in [0.25, 0.3) is 5.91 Å². The Balaban J connectivity index is 1.71. The summed E-state index contributed by atoms with van der Waals surface area (Å²) < 4.78 is 36.1. The van der Waals surface area contributed by atoms with Gasteiger partial charge in [-0.2, -0.15) is 4.31 Å². The average Bonchev–Trinajstić information content (AvgIpc) is 3.16. The van der Waals surface area contributed by atoms with E-state index in [0.717, 1.165) is 12.1 Å². The highest BCUT2D eigenvalue weighted by Gasteiger charge is 2.34. The van der Waals surface area contributed by atoms with Crippen molar-refractivity contribution in [3.8, 4) is 5.75 Å². The number of benzene rings is 1. The molecule has 1 unspecified atom stereocenters. The number of carbonyl (C=O) groups is 1.